The second-order valence-corrected chi connectivity index (χ2v) is 4.96. The van der Waals surface area contributed by atoms with Crippen molar-refractivity contribution in [3.8, 4) is 5.75 Å². The van der Waals surface area contributed by atoms with Gasteiger partial charge in [-0.2, -0.15) is 0 Å². The summed E-state index contributed by atoms with van der Waals surface area (Å²) >= 11 is 0. The largest absolute Gasteiger partial charge is 0.493 e. The van der Waals surface area contributed by atoms with Crippen LogP contribution in [0.2, 0.25) is 0 Å². The molecule has 0 aliphatic carbocycles. The number of hydrogen-bond donors (Lipinski definition) is 1. The summed E-state index contributed by atoms with van der Waals surface area (Å²) in [5.74, 6) is 1.02. The van der Waals surface area contributed by atoms with Gasteiger partial charge in [0, 0.05) is 31.4 Å². The fraction of sp³-hybridized carbons (Fsp3) is 0.400. The smallest absolute Gasteiger partial charge is 0.124 e. The molecule has 0 spiro atoms. The Balaban J connectivity index is 1.75. The average Bonchev–Trinajstić information content (AvgIpc) is 2.73. The van der Waals surface area contributed by atoms with Crippen LogP contribution in [-0.4, -0.2) is 16.2 Å². The molecule has 1 aromatic carbocycles. The predicted molar refractivity (Wildman–Crippen MR) is 74.0 cm³/mol. The third kappa shape index (κ3) is 2.63. The minimum Gasteiger partial charge on any atom is -0.493 e. The maximum Gasteiger partial charge on any atom is 0.124 e. The summed E-state index contributed by atoms with van der Waals surface area (Å²) in [5.41, 5.74) is 2.46. The third-order valence-corrected chi connectivity index (χ3v) is 3.64. The maximum absolute atomic E-state index is 5.78. The summed E-state index contributed by atoms with van der Waals surface area (Å²) < 4.78 is 7.83. The fourth-order valence-corrected chi connectivity index (χ4v) is 2.52. The SMILES string of the molecule is Cn1cncc1CNC1CCCOc2ccccc21. The number of imidazole rings is 1. The Morgan fingerprint density at radius 1 is 1.42 bits per heavy atom. The number of aryl methyl sites for hydroxylation is 1. The summed E-state index contributed by atoms with van der Waals surface area (Å²) in [6.07, 6.45) is 5.93. The Labute approximate surface area is 113 Å². The number of para-hydroxylation sites is 1. The molecule has 0 amide bonds. The van der Waals surface area contributed by atoms with E-state index in [1.54, 1.807) is 0 Å². The molecule has 1 aliphatic heterocycles. The number of fused-ring (bicyclic) bond motifs is 1. The van der Waals surface area contributed by atoms with E-state index >= 15 is 0 Å². The number of benzene rings is 1. The number of hydrogen-bond acceptors (Lipinski definition) is 3. The van der Waals surface area contributed by atoms with Crippen molar-refractivity contribution in [1.29, 1.82) is 0 Å². The van der Waals surface area contributed by atoms with Gasteiger partial charge in [0.2, 0.25) is 0 Å². The molecule has 2 aromatic rings. The van der Waals surface area contributed by atoms with Crippen LogP contribution >= 0.6 is 0 Å². The molecule has 0 saturated carbocycles. The maximum atomic E-state index is 5.78. The number of nitrogens with one attached hydrogen (secondary N) is 1. The van der Waals surface area contributed by atoms with Crippen LogP contribution in [0.4, 0.5) is 0 Å². The molecule has 1 N–H and O–H groups in total. The molecule has 0 bridgehead atoms. The van der Waals surface area contributed by atoms with Gasteiger partial charge < -0.3 is 14.6 Å². The van der Waals surface area contributed by atoms with Crippen LogP contribution in [0.1, 0.15) is 30.1 Å². The summed E-state index contributed by atoms with van der Waals surface area (Å²) in [6.45, 7) is 1.64. The molecule has 4 nitrogen and oxygen atoms in total. The van der Waals surface area contributed by atoms with E-state index in [9.17, 15) is 0 Å². The normalized spacial score (nSPS) is 18.5. The number of aromatic nitrogens is 2. The molecule has 0 saturated heterocycles. The first-order chi connectivity index (χ1) is 9.34. The first-order valence-electron chi connectivity index (χ1n) is 6.75. The van der Waals surface area contributed by atoms with Crippen molar-refractivity contribution in [1.82, 2.24) is 14.9 Å². The highest BCUT2D eigenvalue weighted by Gasteiger charge is 2.18. The van der Waals surface area contributed by atoms with Crippen LogP contribution in [0.15, 0.2) is 36.8 Å². The minimum atomic E-state index is 0.355. The zero-order chi connectivity index (χ0) is 13.1. The van der Waals surface area contributed by atoms with Crippen LogP contribution in [0.5, 0.6) is 5.75 Å². The zero-order valence-corrected chi connectivity index (χ0v) is 11.2. The Kier molecular flexibility index (Phi) is 3.51. The number of ether oxygens (including phenoxy) is 1. The van der Waals surface area contributed by atoms with Crippen LogP contribution in [0.25, 0.3) is 0 Å². The first-order valence-corrected chi connectivity index (χ1v) is 6.75. The highest BCUT2D eigenvalue weighted by atomic mass is 16.5. The van der Waals surface area contributed by atoms with Gasteiger partial charge in [-0.3, -0.25) is 0 Å². The van der Waals surface area contributed by atoms with Gasteiger partial charge in [0.25, 0.3) is 0 Å². The molecule has 2 heterocycles. The minimum absolute atomic E-state index is 0.355. The first kappa shape index (κ1) is 12.2. The average molecular weight is 257 g/mol. The molecule has 1 aromatic heterocycles. The van der Waals surface area contributed by atoms with E-state index in [0.717, 1.165) is 31.7 Å². The van der Waals surface area contributed by atoms with Crippen molar-refractivity contribution >= 4 is 0 Å². The van der Waals surface area contributed by atoms with Gasteiger partial charge in [-0.05, 0) is 18.9 Å². The zero-order valence-electron chi connectivity index (χ0n) is 11.2. The van der Waals surface area contributed by atoms with Crippen molar-refractivity contribution in [3.63, 3.8) is 0 Å². The number of rotatable bonds is 3. The molecule has 3 rings (SSSR count). The number of nitrogens with zero attached hydrogens (tertiary/aromatic N) is 2. The lowest BCUT2D eigenvalue weighted by Gasteiger charge is -2.18. The van der Waals surface area contributed by atoms with E-state index in [4.69, 9.17) is 4.74 Å². The molecule has 1 atom stereocenters. The lowest BCUT2D eigenvalue weighted by molar-refractivity contribution is 0.315. The highest BCUT2D eigenvalue weighted by molar-refractivity contribution is 5.36. The highest BCUT2D eigenvalue weighted by Crippen LogP contribution is 2.31. The molecule has 1 unspecified atom stereocenters. The summed E-state index contributed by atoms with van der Waals surface area (Å²) in [6, 6.07) is 8.67. The van der Waals surface area contributed by atoms with Crippen LogP contribution in [0.3, 0.4) is 0 Å². The van der Waals surface area contributed by atoms with E-state index in [1.807, 2.05) is 30.2 Å². The van der Waals surface area contributed by atoms with Gasteiger partial charge in [0.15, 0.2) is 0 Å². The van der Waals surface area contributed by atoms with Gasteiger partial charge in [-0.25, -0.2) is 4.98 Å². The van der Waals surface area contributed by atoms with E-state index in [2.05, 4.69) is 28.5 Å². The van der Waals surface area contributed by atoms with Gasteiger partial charge in [0.05, 0.1) is 18.6 Å². The fourth-order valence-electron chi connectivity index (χ4n) is 2.52. The second kappa shape index (κ2) is 5.45. The Morgan fingerprint density at radius 3 is 3.16 bits per heavy atom. The standard InChI is InChI=1S/C15H19N3O/c1-18-11-16-9-12(18)10-17-14-6-4-8-19-15-7-3-2-5-13(14)15/h2-3,5,7,9,11,14,17H,4,6,8,10H2,1H3. The quantitative estimate of drug-likeness (QED) is 0.918. The molecular formula is C15H19N3O. The Hall–Kier alpha value is -1.81. The molecule has 0 fully saturated rings. The van der Waals surface area contributed by atoms with Gasteiger partial charge in [-0.1, -0.05) is 18.2 Å². The lowest BCUT2D eigenvalue weighted by Crippen LogP contribution is -2.21. The Bertz CT molecular complexity index is 550. The monoisotopic (exact) mass is 257 g/mol. The molecule has 19 heavy (non-hydrogen) atoms. The van der Waals surface area contributed by atoms with Crippen LogP contribution in [0, 0.1) is 0 Å². The summed E-state index contributed by atoms with van der Waals surface area (Å²) in [7, 11) is 2.02. The van der Waals surface area contributed by atoms with E-state index in [-0.39, 0.29) is 0 Å². The van der Waals surface area contributed by atoms with Gasteiger partial charge in [0.1, 0.15) is 5.75 Å². The molecule has 1 aliphatic rings. The van der Waals surface area contributed by atoms with Gasteiger partial charge in [-0.15, -0.1) is 0 Å². The van der Waals surface area contributed by atoms with E-state index in [0.29, 0.717) is 6.04 Å². The van der Waals surface area contributed by atoms with E-state index < -0.39 is 0 Å². The summed E-state index contributed by atoms with van der Waals surface area (Å²) in [5, 5.41) is 3.62. The van der Waals surface area contributed by atoms with Crippen molar-refractivity contribution in [2.45, 2.75) is 25.4 Å². The third-order valence-electron chi connectivity index (χ3n) is 3.64. The van der Waals surface area contributed by atoms with Crippen molar-refractivity contribution < 1.29 is 4.74 Å². The lowest BCUT2D eigenvalue weighted by atomic mass is 10.0. The molecule has 100 valence electrons. The predicted octanol–water partition coefficient (Wildman–Crippen LogP) is 2.42. The molecular weight excluding hydrogens is 238 g/mol. The van der Waals surface area contributed by atoms with Crippen LogP contribution < -0.4 is 10.1 Å². The Morgan fingerprint density at radius 2 is 2.32 bits per heavy atom. The van der Waals surface area contributed by atoms with Crippen molar-refractivity contribution in [2.75, 3.05) is 6.61 Å². The second-order valence-electron chi connectivity index (χ2n) is 4.96. The van der Waals surface area contributed by atoms with Gasteiger partial charge >= 0.3 is 0 Å². The van der Waals surface area contributed by atoms with Crippen molar-refractivity contribution in [2.24, 2.45) is 7.05 Å². The summed E-state index contributed by atoms with van der Waals surface area (Å²) in [4.78, 5) is 4.15. The van der Waals surface area contributed by atoms with Crippen molar-refractivity contribution in [3.05, 3.63) is 48.0 Å². The molecule has 4 heteroatoms. The van der Waals surface area contributed by atoms with E-state index in [1.165, 1.54) is 11.3 Å². The van der Waals surface area contributed by atoms with Crippen LogP contribution in [-0.2, 0) is 13.6 Å². The molecule has 0 radical (unpaired) electrons. The topological polar surface area (TPSA) is 39.1 Å².